The van der Waals surface area contributed by atoms with Crippen molar-refractivity contribution < 1.29 is 5.11 Å². The van der Waals surface area contributed by atoms with Crippen molar-refractivity contribution in [1.29, 1.82) is 0 Å². The van der Waals surface area contributed by atoms with E-state index in [-0.39, 0.29) is 0 Å². The van der Waals surface area contributed by atoms with Crippen molar-refractivity contribution in [3.63, 3.8) is 0 Å². The zero-order chi connectivity index (χ0) is 10.1. The quantitative estimate of drug-likeness (QED) is 0.778. The number of hydrogen-bond acceptors (Lipinski definition) is 1. The summed E-state index contributed by atoms with van der Waals surface area (Å²) in [7, 11) is 0. The number of aryl methyl sites for hydroxylation is 1. The average molecular weight is 302 g/mol. The Balaban J connectivity index is 2.34. The first kappa shape index (κ1) is 10.3. The third-order valence-corrected chi connectivity index (χ3v) is 4.49. The van der Waals surface area contributed by atoms with E-state index < -0.39 is 0 Å². The second kappa shape index (κ2) is 4.09. The smallest absolute Gasteiger partial charge is 0.129 e. The lowest BCUT2D eigenvalue weighted by Crippen LogP contribution is -1.94. The first-order chi connectivity index (χ1) is 6.68. The van der Waals surface area contributed by atoms with Crippen LogP contribution in [0.2, 0.25) is 0 Å². The molecule has 1 nitrogen and oxygen atoms in total. The van der Waals surface area contributed by atoms with Gasteiger partial charge in [-0.1, -0.05) is 18.9 Å². The molecule has 1 aromatic rings. The highest BCUT2D eigenvalue weighted by atomic mass is 127. The summed E-state index contributed by atoms with van der Waals surface area (Å²) in [6, 6.07) is 4.18. The first-order valence-electron chi connectivity index (χ1n) is 5.17. The summed E-state index contributed by atoms with van der Waals surface area (Å²) in [5.74, 6) is 1.14. The van der Waals surface area contributed by atoms with Crippen molar-refractivity contribution in [2.75, 3.05) is 0 Å². The molecule has 0 unspecified atom stereocenters. The molecule has 0 spiro atoms. The molecule has 2 rings (SSSR count). The molecule has 1 fully saturated rings. The first-order valence-corrected chi connectivity index (χ1v) is 6.25. The minimum atomic E-state index is 0.451. The summed E-state index contributed by atoms with van der Waals surface area (Å²) < 4.78 is 0.990. The van der Waals surface area contributed by atoms with E-state index in [1.807, 2.05) is 6.07 Å². The maximum absolute atomic E-state index is 9.73. The highest BCUT2D eigenvalue weighted by Crippen LogP contribution is 2.37. The van der Waals surface area contributed by atoms with E-state index in [9.17, 15) is 5.11 Å². The Morgan fingerprint density at radius 3 is 2.50 bits per heavy atom. The van der Waals surface area contributed by atoms with Gasteiger partial charge >= 0.3 is 0 Å². The number of aromatic hydroxyl groups is 1. The predicted octanol–water partition coefficient (Wildman–Crippen LogP) is 3.96. The molecule has 0 bridgehead atoms. The van der Waals surface area contributed by atoms with E-state index in [1.165, 1.54) is 36.8 Å². The van der Waals surface area contributed by atoms with Gasteiger partial charge in [0.25, 0.3) is 0 Å². The maximum Gasteiger partial charge on any atom is 0.129 e. The van der Waals surface area contributed by atoms with Gasteiger partial charge in [0, 0.05) is 0 Å². The molecule has 0 heterocycles. The largest absolute Gasteiger partial charge is 0.507 e. The lowest BCUT2D eigenvalue weighted by Gasteiger charge is -2.12. The molecule has 14 heavy (non-hydrogen) atoms. The monoisotopic (exact) mass is 302 g/mol. The molecule has 1 aromatic carbocycles. The van der Waals surface area contributed by atoms with Gasteiger partial charge in [-0.05, 0) is 65.5 Å². The normalized spacial score (nSPS) is 17.6. The van der Waals surface area contributed by atoms with Crippen LogP contribution in [-0.4, -0.2) is 5.11 Å². The Bertz CT molecular complexity index is 317. The number of phenolic OH excluding ortho intramolecular Hbond substituents is 1. The number of benzene rings is 1. The molecule has 1 aliphatic carbocycles. The average Bonchev–Trinajstić information content (AvgIpc) is 2.66. The Morgan fingerprint density at radius 2 is 1.93 bits per heavy atom. The highest BCUT2D eigenvalue weighted by molar-refractivity contribution is 14.1. The van der Waals surface area contributed by atoms with Crippen molar-refractivity contribution in [3.8, 4) is 5.75 Å². The van der Waals surface area contributed by atoms with Crippen molar-refractivity contribution in [3.05, 3.63) is 26.8 Å². The highest BCUT2D eigenvalue weighted by Gasteiger charge is 2.18. The topological polar surface area (TPSA) is 20.2 Å². The Hall–Kier alpha value is -0.250. The molecule has 0 radical (unpaired) electrons. The van der Waals surface area contributed by atoms with Crippen LogP contribution in [0.25, 0.3) is 0 Å². The summed E-state index contributed by atoms with van der Waals surface area (Å²) in [5.41, 5.74) is 2.53. The molecular weight excluding hydrogens is 287 g/mol. The van der Waals surface area contributed by atoms with Crippen molar-refractivity contribution in [1.82, 2.24) is 0 Å². The van der Waals surface area contributed by atoms with Crippen LogP contribution in [0.15, 0.2) is 12.1 Å². The summed E-state index contributed by atoms with van der Waals surface area (Å²) in [5, 5.41) is 9.73. The van der Waals surface area contributed by atoms with Crippen LogP contribution >= 0.6 is 22.6 Å². The number of phenols is 1. The Morgan fingerprint density at radius 1 is 1.29 bits per heavy atom. The summed E-state index contributed by atoms with van der Waals surface area (Å²) in [6.45, 7) is 2.07. The molecule has 2 heteroatoms. The summed E-state index contributed by atoms with van der Waals surface area (Å²) in [6.07, 6.45) is 5.27. The molecule has 1 saturated carbocycles. The minimum absolute atomic E-state index is 0.451. The second-order valence-corrected chi connectivity index (χ2v) is 5.23. The van der Waals surface area contributed by atoms with Crippen LogP contribution in [0.3, 0.4) is 0 Å². The predicted molar refractivity (Wildman–Crippen MR) is 66.8 cm³/mol. The Labute approximate surface area is 98.7 Å². The minimum Gasteiger partial charge on any atom is -0.507 e. The van der Waals surface area contributed by atoms with Crippen LogP contribution in [0.1, 0.15) is 42.7 Å². The van der Waals surface area contributed by atoms with E-state index in [4.69, 9.17) is 0 Å². The fourth-order valence-electron chi connectivity index (χ4n) is 2.27. The third-order valence-electron chi connectivity index (χ3n) is 3.08. The van der Waals surface area contributed by atoms with Crippen molar-refractivity contribution in [2.24, 2.45) is 0 Å². The molecule has 0 atom stereocenters. The van der Waals surface area contributed by atoms with Crippen molar-refractivity contribution >= 4 is 22.6 Å². The van der Waals surface area contributed by atoms with Gasteiger partial charge in [0.05, 0.1) is 3.57 Å². The number of hydrogen-bond donors (Lipinski definition) is 1. The fraction of sp³-hybridized carbons (Fsp3) is 0.500. The van der Waals surface area contributed by atoms with Crippen LogP contribution in [-0.2, 0) is 0 Å². The molecule has 0 aliphatic heterocycles. The van der Waals surface area contributed by atoms with E-state index in [0.29, 0.717) is 11.7 Å². The summed E-state index contributed by atoms with van der Waals surface area (Å²) >= 11 is 2.20. The zero-order valence-electron chi connectivity index (χ0n) is 8.39. The van der Waals surface area contributed by atoms with Gasteiger partial charge in [0.1, 0.15) is 5.75 Å². The van der Waals surface area contributed by atoms with Crippen LogP contribution in [0.5, 0.6) is 5.75 Å². The SMILES string of the molecule is Cc1cc(C2CCCC2)cc(O)c1I. The Kier molecular flexibility index (Phi) is 3.00. The molecule has 0 aromatic heterocycles. The van der Waals surface area contributed by atoms with E-state index in [0.717, 1.165) is 3.57 Å². The van der Waals surface area contributed by atoms with Crippen LogP contribution < -0.4 is 0 Å². The number of halogens is 1. The van der Waals surface area contributed by atoms with Crippen LogP contribution in [0.4, 0.5) is 0 Å². The molecule has 1 N–H and O–H groups in total. The molecule has 0 saturated heterocycles. The summed E-state index contributed by atoms with van der Waals surface area (Å²) in [4.78, 5) is 0. The molecule has 1 aliphatic rings. The second-order valence-electron chi connectivity index (χ2n) is 4.15. The third kappa shape index (κ3) is 1.90. The zero-order valence-corrected chi connectivity index (χ0v) is 10.5. The van der Waals surface area contributed by atoms with E-state index in [2.05, 4.69) is 35.6 Å². The van der Waals surface area contributed by atoms with Gasteiger partial charge in [-0.2, -0.15) is 0 Å². The molecule has 76 valence electrons. The van der Waals surface area contributed by atoms with Gasteiger partial charge < -0.3 is 5.11 Å². The standard InChI is InChI=1S/C12H15IO/c1-8-6-10(7-11(14)12(8)13)9-4-2-3-5-9/h6-7,9,14H,2-5H2,1H3. The van der Waals surface area contributed by atoms with Gasteiger partial charge in [-0.15, -0.1) is 0 Å². The van der Waals surface area contributed by atoms with Gasteiger partial charge in [-0.3, -0.25) is 0 Å². The van der Waals surface area contributed by atoms with Crippen LogP contribution in [0, 0.1) is 10.5 Å². The number of rotatable bonds is 1. The fourth-order valence-corrected chi connectivity index (χ4v) is 2.58. The van der Waals surface area contributed by atoms with Gasteiger partial charge in [0.15, 0.2) is 0 Å². The van der Waals surface area contributed by atoms with E-state index >= 15 is 0 Å². The maximum atomic E-state index is 9.73. The van der Waals surface area contributed by atoms with Gasteiger partial charge in [-0.25, -0.2) is 0 Å². The molecule has 0 amide bonds. The lowest BCUT2D eigenvalue weighted by atomic mass is 9.96. The molecular formula is C12H15IO. The van der Waals surface area contributed by atoms with E-state index in [1.54, 1.807) is 0 Å². The van der Waals surface area contributed by atoms with Gasteiger partial charge in [0.2, 0.25) is 0 Å². The lowest BCUT2D eigenvalue weighted by molar-refractivity contribution is 0.469. The van der Waals surface area contributed by atoms with Crippen molar-refractivity contribution in [2.45, 2.75) is 38.5 Å².